The zero-order valence-corrected chi connectivity index (χ0v) is 11.1. The lowest BCUT2D eigenvalue weighted by molar-refractivity contribution is -0.122. The zero-order valence-electron chi connectivity index (χ0n) is 11.1. The van der Waals surface area contributed by atoms with Crippen LogP contribution in [0, 0.1) is 6.92 Å². The Kier molecular flexibility index (Phi) is 5.16. The minimum Gasteiger partial charge on any atom is -0.355 e. The average Bonchev–Trinajstić information content (AvgIpc) is 2.29. The lowest BCUT2D eigenvalue weighted by Crippen LogP contribution is -2.43. The maximum atomic E-state index is 11.6. The molecule has 2 unspecified atom stereocenters. The van der Waals surface area contributed by atoms with Crippen molar-refractivity contribution < 1.29 is 4.79 Å². The summed E-state index contributed by atoms with van der Waals surface area (Å²) < 4.78 is 0. The van der Waals surface area contributed by atoms with E-state index in [1.807, 2.05) is 19.9 Å². The lowest BCUT2D eigenvalue weighted by Gasteiger charge is -2.20. The summed E-state index contributed by atoms with van der Waals surface area (Å²) in [6.45, 7) is 8.63. The molecule has 17 heavy (non-hydrogen) atoms. The van der Waals surface area contributed by atoms with E-state index < -0.39 is 0 Å². The molecule has 0 aromatic heterocycles. The molecule has 0 aliphatic heterocycles. The fourth-order valence-electron chi connectivity index (χ4n) is 1.81. The van der Waals surface area contributed by atoms with Crippen LogP contribution in [0.3, 0.4) is 0 Å². The third kappa shape index (κ3) is 4.19. The predicted molar refractivity (Wildman–Crippen MR) is 70.9 cm³/mol. The number of likely N-dealkylation sites (N-methyl/N-ethyl adjacent to an activating group) is 1. The maximum absolute atomic E-state index is 11.6. The minimum absolute atomic E-state index is 0.0482. The van der Waals surface area contributed by atoms with Crippen molar-refractivity contribution in [2.75, 3.05) is 6.54 Å². The van der Waals surface area contributed by atoms with E-state index in [9.17, 15) is 4.79 Å². The number of hydrogen-bond donors (Lipinski definition) is 2. The van der Waals surface area contributed by atoms with Gasteiger partial charge >= 0.3 is 0 Å². The summed E-state index contributed by atoms with van der Waals surface area (Å²) in [4.78, 5) is 11.6. The van der Waals surface area contributed by atoms with Crippen molar-refractivity contribution in [2.45, 2.75) is 39.8 Å². The average molecular weight is 234 g/mol. The number of hydrogen-bond acceptors (Lipinski definition) is 2. The maximum Gasteiger partial charge on any atom is 0.236 e. The summed E-state index contributed by atoms with van der Waals surface area (Å²) in [7, 11) is 0. The number of carbonyl (C=O) groups excluding carboxylic acids is 1. The zero-order chi connectivity index (χ0) is 12.8. The highest BCUT2D eigenvalue weighted by Gasteiger charge is 2.15. The summed E-state index contributed by atoms with van der Waals surface area (Å²) in [6, 6.07) is 8.33. The van der Waals surface area contributed by atoms with Gasteiger partial charge in [-0.1, -0.05) is 29.8 Å². The Morgan fingerprint density at radius 1 is 1.35 bits per heavy atom. The Morgan fingerprint density at radius 3 is 2.65 bits per heavy atom. The summed E-state index contributed by atoms with van der Waals surface area (Å²) >= 11 is 0. The number of amides is 1. The number of rotatable bonds is 5. The van der Waals surface area contributed by atoms with Gasteiger partial charge in [0.2, 0.25) is 5.91 Å². The first-order valence-electron chi connectivity index (χ1n) is 6.15. The molecule has 94 valence electrons. The normalized spacial score (nSPS) is 14.1. The highest BCUT2D eigenvalue weighted by Crippen LogP contribution is 2.14. The third-order valence-electron chi connectivity index (χ3n) is 2.79. The molecular formula is C14H22N2O. The van der Waals surface area contributed by atoms with Crippen LogP contribution in [0.1, 0.15) is 37.9 Å². The Labute approximate surface area is 104 Å². The molecule has 0 bridgehead atoms. The quantitative estimate of drug-likeness (QED) is 0.820. The third-order valence-corrected chi connectivity index (χ3v) is 2.79. The van der Waals surface area contributed by atoms with Crippen LogP contribution in [-0.2, 0) is 4.79 Å². The van der Waals surface area contributed by atoms with Gasteiger partial charge in [0, 0.05) is 12.6 Å². The fraction of sp³-hybridized carbons (Fsp3) is 0.500. The Bertz CT molecular complexity index is 376. The van der Waals surface area contributed by atoms with Gasteiger partial charge in [-0.25, -0.2) is 0 Å². The Balaban J connectivity index is 2.60. The molecule has 0 aliphatic carbocycles. The Hall–Kier alpha value is -1.35. The molecule has 0 saturated heterocycles. The van der Waals surface area contributed by atoms with Crippen LogP contribution in [0.15, 0.2) is 24.3 Å². The second-order valence-corrected chi connectivity index (χ2v) is 4.42. The van der Waals surface area contributed by atoms with Crippen LogP contribution >= 0.6 is 0 Å². The minimum atomic E-state index is -0.175. The van der Waals surface area contributed by atoms with E-state index in [4.69, 9.17) is 0 Å². The monoisotopic (exact) mass is 234 g/mol. The summed E-state index contributed by atoms with van der Waals surface area (Å²) in [5.41, 5.74) is 2.45. The molecular weight excluding hydrogens is 212 g/mol. The Morgan fingerprint density at radius 2 is 2.06 bits per heavy atom. The molecule has 2 N–H and O–H groups in total. The molecule has 0 spiro atoms. The number of benzene rings is 1. The first kappa shape index (κ1) is 13.7. The van der Waals surface area contributed by atoms with Gasteiger partial charge in [0.05, 0.1) is 6.04 Å². The molecule has 0 heterocycles. The molecule has 1 amide bonds. The van der Waals surface area contributed by atoms with Gasteiger partial charge < -0.3 is 5.32 Å². The van der Waals surface area contributed by atoms with Crippen molar-refractivity contribution >= 4 is 5.91 Å². The van der Waals surface area contributed by atoms with E-state index in [0.29, 0.717) is 6.54 Å². The first-order valence-corrected chi connectivity index (χ1v) is 6.15. The molecule has 0 fully saturated rings. The lowest BCUT2D eigenvalue weighted by atomic mass is 10.1. The van der Waals surface area contributed by atoms with Crippen LogP contribution in [0.4, 0.5) is 0 Å². The van der Waals surface area contributed by atoms with Gasteiger partial charge in [-0.2, -0.15) is 0 Å². The van der Waals surface area contributed by atoms with Crippen molar-refractivity contribution in [3.8, 4) is 0 Å². The van der Waals surface area contributed by atoms with Crippen molar-refractivity contribution in [1.29, 1.82) is 0 Å². The highest BCUT2D eigenvalue weighted by atomic mass is 16.2. The molecule has 0 saturated carbocycles. The molecule has 3 nitrogen and oxygen atoms in total. The molecule has 0 aliphatic rings. The predicted octanol–water partition coefficient (Wildman–Crippen LogP) is 2.17. The van der Waals surface area contributed by atoms with Crippen LogP contribution in [0.2, 0.25) is 0 Å². The van der Waals surface area contributed by atoms with E-state index in [0.717, 1.165) is 0 Å². The number of carbonyl (C=O) groups is 1. The largest absolute Gasteiger partial charge is 0.355 e. The van der Waals surface area contributed by atoms with Crippen LogP contribution in [0.5, 0.6) is 0 Å². The van der Waals surface area contributed by atoms with E-state index in [1.165, 1.54) is 11.1 Å². The van der Waals surface area contributed by atoms with Gasteiger partial charge in [0.25, 0.3) is 0 Å². The summed E-state index contributed by atoms with van der Waals surface area (Å²) in [5, 5.41) is 6.11. The first-order chi connectivity index (χ1) is 8.04. The van der Waals surface area contributed by atoms with Crippen molar-refractivity contribution in [2.24, 2.45) is 0 Å². The van der Waals surface area contributed by atoms with Gasteiger partial charge in [-0.3, -0.25) is 10.1 Å². The van der Waals surface area contributed by atoms with Crippen LogP contribution in [-0.4, -0.2) is 18.5 Å². The smallest absolute Gasteiger partial charge is 0.236 e. The van der Waals surface area contributed by atoms with Gasteiger partial charge in [0.1, 0.15) is 0 Å². The second-order valence-electron chi connectivity index (χ2n) is 4.42. The van der Waals surface area contributed by atoms with Crippen molar-refractivity contribution in [1.82, 2.24) is 10.6 Å². The second kappa shape index (κ2) is 6.40. The summed E-state index contributed by atoms with van der Waals surface area (Å²) in [6.07, 6.45) is 0. The van der Waals surface area contributed by atoms with E-state index in [-0.39, 0.29) is 18.0 Å². The molecule has 1 rings (SSSR count). The standard InChI is InChI=1S/C14H22N2O/c1-5-15-14(17)12(4)16-11(3)13-8-6-7-10(2)9-13/h6-9,11-12,16H,5H2,1-4H3,(H,15,17). The van der Waals surface area contributed by atoms with Crippen molar-refractivity contribution in [3.63, 3.8) is 0 Å². The van der Waals surface area contributed by atoms with Gasteiger partial charge in [-0.05, 0) is 33.3 Å². The molecule has 1 aromatic rings. The van der Waals surface area contributed by atoms with Crippen LogP contribution in [0.25, 0.3) is 0 Å². The van der Waals surface area contributed by atoms with Gasteiger partial charge in [0.15, 0.2) is 0 Å². The van der Waals surface area contributed by atoms with Crippen LogP contribution < -0.4 is 10.6 Å². The molecule has 1 aromatic carbocycles. The molecule has 2 atom stereocenters. The van der Waals surface area contributed by atoms with E-state index in [1.54, 1.807) is 0 Å². The molecule has 0 radical (unpaired) electrons. The van der Waals surface area contributed by atoms with E-state index >= 15 is 0 Å². The fourth-order valence-corrected chi connectivity index (χ4v) is 1.81. The van der Waals surface area contributed by atoms with Crippen molar-refractivity contribution in [3.05, 3.63) is 35.4 Å². The number of aryl methyl sites for hydroxylation is 1. The number of nitrogens with one attached hydrogen (secondary N) is 2. The van der Waals surface area contributed by atoms with E-state index in [2.05, 4.69) is 42.7 Å². The SMILES string of the molecule is CCNC(=O)C(C)NC(C)c1cccc(C)c1. The topological polar surface area (TPSA) is 41.1 Å². The van der Waals surface area contributed by atoms with Gasteiger partial charge in [-0.15, -0.1) is 0 Å². The summed E-state index contributed by atoms with van der Waals surface area (Å²) in [5.74, 6) is 0.0482. The highest BCUT2D eigenvalue weighted by molar-refractivity contribution is 5.81. The molecule has 3 heteroatoms.